The minimum atomic E-state index is -0.483. The number of anilines is 1. The Hall–Kier alpha value is -2.45. The zero-order valence-corrected chi connectivity index (χ0v) is 25.6. The third-order valence-electron chi connectivity index (χ3n) is 6.33. The molecule has 214 valence electrons. The van der Waals surface area contributed by atoms with Crippen LogP contribution in [0, 0.1) is 12.7 Å². The lowest BCUT2D eigenvalue weighted by Crippen LogP contribution is -3.00. The fourth-order valence-corrected chi connectivity index (χ4v) is 4.93. The molecule has 3 aromatic rings. The highest BCUT2D eigenvalue weighted by Gasteiger charge is 2.10. The van der Waals surface area contributed by atoms with Crippen molar-refractivity contribution in [3.8, 4) is 11.5 Å². The molecule has 0 aliphatic carbocycles. The standard InChI is InChI=1S/C31H41FN2O3S.BrH/c1-3-4-5-6-7-8-9-10-11-12-18-36-30-17-16-28(20-29(30)32)37-23-31(35)33-27-15-13-14-26(19-27)22-34-21-25(2)38-24-34;/h13-17,19-21,24H,3-12,18,22-23H2,1-2H3;1H. The van der Waals surface area contributed by atoms with E-state index in [0.717, 1.165) is 24.9 Å². The number of carbonyl (C=O) groups is 1. The summed E-state index contributed by atoms with van der Waals surface area (Å²) in [5.74, 6) is -0.276. The van der Waals surface area contributed by atoms with Crippen LogP contribution in [0.25, 0.3) is 0 Å². The Balaban J connectivity index is 0.00000533. The number of hydrogen-bond donors (Lipinski definition) is 1. The predicted molar refractivity (Wildman–Crippen MR) is 153 cm³/mol. The van der Waals surface area contributed by atoms with Crippen molar-refractivity contribution in [2.24, 2.45) is 0 Å². The van der Waals surface area contributed by atoms with Crippen LogP contribution in [0.15, 0.2) is 54.2 Å². The van der Waals surface area contributed by atoms with Gasteiger partial charge in [-0.3, -0.25) is 4.79 Å². The molecule has 1 aromatic heterocycles. The average Bonchev–Trinajstić information content (AvgIpc) is 3.31. The number of hydrogen-bond acceptors (Lipinski definition) is 4. The van der Waals surface area contributed by atoms with Crippen LogP contribution in [0.5, 0.6) is 11.5 Å². The van der Waals surface area contributed by atoms with Crippen molar-refractivity contribution in [1.82, 2.24) is 0 Å². The Morgan fingerprint density at radius 2 is 1.67 bits per heavy atom. The number of nitrogens with one attached hydrogen (secondary N) is 1. The molecular weight excluding hydrogens is 579 g/mol. The summed E-state index contributed by atoms with van der Waals surface area (Å²) < 4.78 is 27.7. The highest BCUT2D eigenvalue weighted by molar-refractivity contribution is 7.09. The molecule has 39 heavy (non-hydrogen) atoms. The van der Waals surface area contributed by atoms with Crippen LogP contribution >= 0.6 is 11.3 Å². The van der Waals surface area contributed by atoms with Crippen LogP contribution in [-0.2, 0) is 11.3 Å². The van der Waals surface area contributed by atoms with Gasteiger partial charge in [0.2, 0.25) is 5.51 Å². The molecule has 8 heteroatoms. The first-order valence-corrected chi connectivity index (χ1v) is 14.8. The molecule has 0 fully saturated rings. The van der Waals surface area contributed by atoms with Gasteiger partial charge in [0.25, 0.3) is 5.91 Å². The Kier molecular flexibility index (Phi) is 15.8. The second-order valence-electron chi connectivity index (χ2n) is 9.80. The maximum absolute atomic E-state index is 14.4. The third kappa shape index (κ3) is 13.0. The highest BCUT2D eigenvalue weighted by atomic mass is 79.9. The lowest BCUT2D eigenvalue weighted by Gasteiger charge is -2.11. The van der Waals surface area contributed by atoms with Crippen LogP contribution in [-0.4, -0.2) is 19.1 Å². The number of ether oxygens (including phenoxy) is 2. The fraction of sp³-hybridized carbons (Fsp3) is 0.484. The first kappa shape index (κ1) is 32.8. The summed E-state index contributed by atoms with van der Waals surface area (Å²) in [6.07, 6.45) is 14.6. The van der Waals surface area contributed by atoms with Crippen LogP contribution in [0.1, 0.15) is 81.6 Å². The minimum absolute atomic E-state index is 0. The molecule has 0 atom stereocenters. The Morgan fingerprint density at radius 1 is 0.949 bits per heavy atom. The van der Waals surface area contributed by atoms with E-state index in [9.17, 15) is 9.18 Å². The van der Waals surface area contributed by atoms with Gasteiger partial charge < -0.3 is 31.8 Å². The van der Waals surface area contributed by atoms with Gasteiger partial charge in [-0.05, 0) is 37.6 Å². The Morgan fingerprint density at radius 3 is 2.33 bits per heavy atom. The van der Waals surface area contributed by atoms with E-state index >= 15 is 0 Å². The van der Waals surface area contributed by atoms with Gasteiger partial charge >= 0.3 is 0 Å². The van der Waals surface area contributed by atoms with Gasteiger partial charge in [-0.15, -0.1) is 0 Å². The van der Waals surface area contributed by atoms with E-state index in [1.807, 2.05) is 24.3 Å². The van der Waals surface area contributed by atoms with Crippen molar-refractivity contribution in [3.63, 3.8) is 0 Å². The molecule has 0 aliphatic rings. The Labute approximate surface area is 247 Å². The van der Waals surface area contributed by atoms with Crippen LogP contribution < -0.4 is 36.3 Å². The molecule has 0 unspecified atom stereocenters. The zero-order chi connectivity index (χ0) is 27.0. The maximum Gasteiger partial charge on any atom is 0.262 e. The van der Waals surface area contributed by atoms with Gasteiger partial charge in [-0.25, -0.2) is 4.39 Å². The summed E-state index contributed by atoms with van der Waals surface area (Å²) in [6, 6.07) is 12.2. The number of benzene rings is 2. The maximum atomic E-state index is 14.4. The van der Waals surface area contributed by atoms with Gasteiger partial charge in [0.15, 0.2) is 30.9 Å². The summed E-state index contributed by atoms with van der Waals surface area (Å²) in [6.45, 7) is 5.34. The van der Waals surface area contributed by atoms with Gasteiger partial charge in [0.1, 0.15) is 5.75 Å². The number of aromatic nitrogens is 1. The van der Waals surface area contributed by atoms with E-state index in [-0.39, 0.29) is 35.2 Å². The zero-order valence-electron chi connectivity index (χ0n) is 23.2. The van der Waals surface area contributed by atoms with Gasteiger partial charge in [0, 0.05) is 17.3 Å². The molecule has 5 nitrogen and oxygen atoms in total. The molecule has 1 heterocycles. The second-order valence-corrected chi connectivity index (χ2v) is 10.9. The van der Waals surface area contributed by atoms with E-state index in [0.29, 0.717) is 18.0 Å². The molecule has 0 bridgehead atoms. The van der Waals surface area contributed by atoms with Crippen molar-refractivity contribution in [2.45, 2.75) is 84.6 Å². The lowest BCUT2D eigenvalue weighted by atomic mass is 10.1. The normalized spacial score (nSPS) is 10.6. The number of amides is 1. The number of aryl methyl sites for hydroxylation is 1. The van der Waals surface area contributed by atoms with E-state index in [1.165, 1.54) is 62.3 Å². The van der Waals surface area contributed by atoms with E-state index in [1.54, 1.807) is 23.5 Å². The first-order valence-electron chi connectivity index (χ1n) is 13.9. The quantitative estimate of drug-likeness (QED) is 0.163. The van der Waals surface area contributed by atoms with Crippen molar-refractivity contribution >= 4 is 22.9 Å². The average molecular weight is 622 g/mol. The summed E-state index contributed by atoms with van der Waals surface area (Å²) in [4.78, 5) is 13.6. The molecule has 0 radical (unpaired) electrons. The van der Waals surface area contributed by atoms with Crippen molar-refractivity contribution in [3.05, 3.63) is 70.4 Å². The lowest BCUT2D eigenvalue weighted by molar-refractivity contribution is -0.683. The summed E-state index contributed by atoms with van der Waals surface area (Å²) in [7, 11) is 0. The van der Waals surface area contributed by atoms with E-state index < -0.39 is 5.82 Å². The van der Waals surface area contributed by atoms with Gasteiger partial charge in [0.05, 0.1) is 11.5 Å². The molecule has 2 aromatic carbocycles. The van der Waals surface area contributed by atoms with Crippen molar-refractivity contribution in [2.75, 3.05) is 18.5 Å². The third-order valence-corrected chi connectivity index (χ3v) is 7.18. The number of rotatable bonds is 18. The number of halogens is 2. The minimum Gasteiger partial charge on any atom is -1.00 e. The van der Waals surface area contributed by atoms with Crippen molar-refractivity contribution < 1.29 is 40.2 Å². The van der Waals surface area contributed by atoms with Gasteiger partial charge in [-0.1, -0.05) is 88.2 Å². The van der Waals surface area contributed by atoms with Crippen LogP contribution in [0.3, 0.4) is 0 Å². The fourth-order valence-electron chi connectivity index (χ4n) is 4.29. The van der Waals surface area contributed by atoms with E-state index in [2.05, 4.69) is 35.4 Å². The molecule has 0 saturated carbocycles. The predicted octanol–water partition coefficient (Wildman–Crippen LogP) is 4.85. The van der Waals surface area contributed by atoms with Gasteiger partial charge in [-0.2, -0.15) is 4.57 Å². The van der Waals surface area contributed by atoms with Crippen LogP contribution in [0.2, 0.25) is 0 Å². The SMILES string of the molecule is CCCCCCCCCCCCOc1ccc(OCC(=O)Nc2cccc(C[n+]3csc(C)c3)c2)cc1F.[Br-]. The molecule has 0 spiro atoms. The summed E-state index contributed by atoms with van der Waals surface area (Å²) in [5.41, 5.74) is 3.86. The topological polar surface area (TPSA) is 51.4 Å². The second kappa shape index (κ2) is 18.8. The van der Waals surface area contributed by atoms with Crippen LogP contribution in [0.4, 0.5) is 10.1 Å². The van der Waals surface area contributed by atoms with Crippen molar-refractivity contribution in [1.29, 1.82) is 0 Å². The smallest absolute Gasteiger partial charge is 0.262 e. The summed E-state index contributed by atoms with van der Waals surface area (Å²) >= 11 is 1.70. The molecule has 1 amide bonds. The number of carbonyl (C=O) groups excluding carboxylic acids is 1. The monoisotopic (exact) mass is 620 g/mol. The number of nitrogens with zero attached hydrogens (tertiary/aromatic N) is 1. The molecule has 0 aliphatic heterocycles. The number of unbranched alkanes of at least 4 members (excludes halogenated alkanes) is 9. The summed E-state index contributed by atoms with van der Waals surface area (Å²) in [5, 5.41) is 2.84. The Bertz CT molecular complexity index is 1120. The molecule has 1 N–H and O–H groups in total. The highest BCUT2D eigenvalue weighted by Crippen LogP contribution is 2.23. The number of thiazole rings is 1. The first-order chi connectivity index (χ1) is 18.5. The largest absolute Gasteiger partial charge is 1.00 e. The van der Waals surface area contributed by atoms with E-state index in [4.69, 9.17) is 9.47 Å². The molecular formula is C31H42BrFN2O3S. The molecule has 0 saturated heterocycles. The molecule has 3 rings (SSSR count).